The lowest BCUT2D eigenvalue weighted by atomic mass is 9.96. The Hall–Kier alpha value is -2.13. The van der Waals surface area contributed by atoms with Crippen LogP contribution in [0.4, 0.5) is 0 Å². The number of rotatable bonds is 5. The smallest absolute Gasteiger partial charge is 0.251 e. The molecule has 1 atom stereocenters. The number of hydrogen-bond acceptors (Lipinski definition) is 2. The second-order valence-corrected chi connectivity index (χ2v) is 7.67. The third-order valence-electron chi connectivity index (χ3n) is 5.52. The fourth-order valence-corrected chi connectivity index (χ4v) is 3.77. The normalized spacial score (nSPS) is 15.8. The van der Waals surface area contributed by atoms with Gasteiger partial charge in [-0.15, -0.1) is 0 Å². The number of carbonyl (C=O) groups is 1. The SMILES string of the molecule is Cc1cc(C)c([C@H](C)NC(=O)c2ccc(CN3CCCC3)cc2)cc1C. The second-order valence-electron chi connectivity index (χ2n) is 7.67. The van der Waals surface area contributed by atoms with Gasteiger partial charge in [-0.1, -0.05) is 24.3 Å². The second kappa shape index (κ2) is 8.05. The zero-order chi connectivity index (χ0) is 18.7. The molecule has 0 aromatic heterocycles. The van der Waals surface area contributed by atoms with E-state index in [1.165, 1.54) is 53.7 Å². The summed E-state index contributed by atoms with van der Waals surface area (Å²) in [5.41, 5.74) is 6.97. The third-order valence-corrected chi connectivity index (χ3v) is 5.52. The predicted molar refractivity (Wildman–Crippen MR) is 107 cm³/mol. The number of nitrogens with one attached hydrogen (secondary N) is 1. The average molecular weight is 351 g/mol. The average Bonchev–Trinajstić information content (AvgIpc) is 3.11. The molecule has 1 saturated heterocycles. The highest BCUT2D eigenvalue weighted by atomic mass is 16.1. The van der Waals surface area contributed by atoms with Crippen molar-refractivity contribution in [2.75, 3.05) is 13.1 Å². The predicted octanol–water partition coefficient (Wildman–Crippen LogP) is 4.70. The summed E-state index contributed by atoms with van der Waals surface area (Å²) in [5, 5.41) is 3.14. The molecule has 0 bridgehead atoms. The van der Waals surface area contributed by atoms with Crippen molar-refractivity contribution in [2.45, 2.75) is 53.1 Å². The molecule has 0 aliphatic carbocycles. The number of hydrogen-bond donors (Lipinski definition) is 1. The molecule has 138 valence electrons. The van der Waals surface area contributed by atoms with E-state index in [1.54, 1.807) is 0 Å². The van der Waals surface area contributed by atoms with Gasteiger partial charge in [-0.2, -0.15) is 0 Å². The van der Waals surface area contributed by atoms with E-state index in [-0.39, 0.29) is 11.9 Å². The molecule has 2 aromatic carbocycles. The number of carbonyl (C=O) groups excluding carboxylic acids is 1. The fourth-order valence-electron chi connectivity index (χ4n) is 3.77. The molecule has 0 unspecified atom stereocenters. The highest BCUT2D eigenvalue weighted by Crippen LogP contribution is 2.22. The largest absolute Gasteiger partial charge is 0.346 e. The molecular weight excluding hydrogens is 320 g/mol. The number of amides is 1. The molecule has 1 N–H and O–H groups in total. The molecule has 2 aromatic rings. The van der Waals surface area contributed by atoms with Crippen LogP contribution in [-0.2, 0) is 6.54 Å². The lowest BCUT2D eigenvalue weighted by Crippen LogP contribution is -2.27. The van der Waals surface area contributed by atoms with Crippen LogP contribution in [0.2, 0.25) is 0 Å². The zero-order valence-corrected chi connectivity index (χ0v) is 16.4. The van der Waals surface area contributed by atoms with Crippen molar-refractivity contribution in [3.05, 3.63) is 69.8 Å². The molecule has 26 heavy (non-hydrogen) atoms. The van der Waals surface area contributed by atoms with Gasteiger partial charge < -0.3 is 5.32 Å². The first-order valence-electron chi connectivity index (χ1n) is 9.64. The maximum absolute atomic E-state index is 12.6. The molecule has 3 rings (SSSR count). The van der Waals surface area contributed by atoms with E-state index in [0.717, 1.165) is 12.1 Å². The summed E-state index contributed by atoms with van der Waals surface area (Å²) in [6.07, 6.45) is 2.60. The number of benzene rings is 2. The minimum Gasteiger partial charge on any atom is -0.346 e. The Labute approximate surface area is 157 Å². The third kappa shape index (κ3) is 4.34. The van der Waals surface area contributed by atoms with Gasteiger partial charge in [0.05, 0.1) is 6.04 Å². The maximum atomic E-state index is 12.6. The molecule has 3 heteroatoms. The first kappa shape index (κ1) is 18.7. The summed E-state index contributed by atoms with van der Waals surface area (Å²) in [6.45, 7) is 11.8. The van der Waals surface area contributed by atoms with E-state index in [9.17, 15) is 4.79 Å². The van der Waals surface area contributed by atoms with Gasteiger partial charge in [0.15, 0.2) is 0 Å². The van der Waals surface area contributed by atoms with Crippen molar-refractivity contribution >= 4 is 5.91 Å². The standard InChI is InChI=1S/C23H30N2O/c1-16-13-18(3)22(14-17(16)2)19(4)24-23(26)21-9-7-20(8-10-21)15-25-11-5-6-12-25/h7-10,13-14,19H,5-6,11-12,15H2,1-4H3,(H,24,26)/t19-/m0/s1. The number of aryl methyl sites for hydroxylation is 3. The van der Waals surface area contributed by atoms with Crippen molar-refractivity contribution in [3.8, 4) is 0 Å². The van der Waals surface area contributed by atoms with Crippen LogP contribution in [0.5, 0.6) is 0 Å². The first-order valence-corrected chi connectivity index (χ1v) is 9.64. The highest BCUT2D eigenvalue weighted by molar-refractivity contribution is 5.94. The summed E-state index contributed by atoms with van der Waals surface area (Å²) < 4.78 is 0. The zero-order valence-electron chi connectivity index (χ0n) is 16.4. The van der Waals surface area contributed by atoms with Crippen molar-refractivity contribution in [1.29, 1.82) is 0 Å². The Balaban J connectivity index is 1.64. The van der Waals surface area contributed by atoms with Crippen LogP contribution >= 0.6 is 0 Å². The fraction of sp³-hybridized carbons (Fsp3) is 0.435. The lowest BCUT2D eigenvalue weighted by Gasteiger charge is -2.19. The molecule has 1 amide bonds. The van der Waals surface area contributed by atoms with Crippen LogP contribution in [0.15, 0.2) is 36.4 Å². The van der Waals surface area contributed by atoms with Gasteiger partial charge in [-0.05, 0) is 93.6 Å². The quantitative estimate of drug-likeness (QED) is 0.848. The van der Waals surface area contributed by atoms with Crippen LogP contribution in [0, 0.1) is 20.8 Å². The minimum atomic E-state index is -0.0112. The monoisotopic (exact) mass is 350 g/mol. The van der Waals surface area contributed by atoms with Gasteiger partial charge in [-0.3, -0.25) is 9.69 Å². The first-order chi connectivity index (χ1) is 12.4. The van der Waals surface area contributed by atoms with Crippen LogP contribution in [-0.4, -0.2) is 23.9 Å². The Morgan fingerprint density at radius 2 is 1.62 bits per heavy atom. The number of likely N-dealkylation sites (tertiary alicyclic amines) is 1. The summed E-state index contributed by atoms with van der Waals surface area (Å²) >= 11 is 0. The lowest BCUT2D eigenvalue weighted by molar-refractivity contribution is 0.0940. The van der Waals surface area contributed by atoms with Gasteiger partial charge in [0, 0.05) is 12.1 Å². The van der Waals surface area contributed by atoms with Gasteiger partial charge in [0.1, 0.15) is 0 Å². The van der Waals surface area contributed by atoms with Crippen molar-refractivity contribution < 1.29 is 4.79 Å². The molecule has 1 aliphatic heterocycles. The van der Waals surface area contributed by atoms with Gasteiger partial charge in [0.2, 0.25) is 0 Å². The van der Waals surface area contributed by atoms with Crippen LogP contribution < -0.4 is 5.32 Å². The molecule has 3 nitrogen and oxygen atoms in total. The van der Waals surface area contributed by atoms with E-state index in [4.69, 9.17) is 0 Å². The summed E-state index contributed by atoms with van der Waals surface area (Å²) in [5.74, 6) is -0.0112. The molecule has 0 spiro atoms. The van der Waals surface area contributed by atoms with E-state index < -0.39 is 0 Å². The van der Waals surface area contributed by atoms with Crippen molar-refractivity contribution in [1.82, 2.24) is 10.2 Å². The van der Waals surface area contributed by atoms with E-state index >= 15 is 0 Å². The van der Waals surface area contributed by atoms with Crippen molar-refractivity contribution in [2.24, 2.45) is 0 Å². The molecule has 1 fully saturated rings. The molecular formula is C23H30N2O. The Morgan fingerprint density at radius 3 is 2.27 bits per heavy atom. The van der Waals surface area contributed by atoms with Crippen molar-refractivity contribution in [3.63, 3.8) is 0 Å². The van der Waals surface area contributed by atoms with E-state index in [1.807, 2.05) is 12.1 Å². The van der Waals surface area contributed by atoms with Crippen LogP contribution in [0.1, 0.15) is 64.0 Å². The van der Waals surface area contributed by atoms with Crippen LogP contribution in [0.3, 0.4) is 0 Å². The van der Waals surface area contributed by atoms with E-state index in [2.05, 4.69) is 62.2 Å². The van der Waals surface area contributed by atoms with Crippen LogP contribution in [0.25, 0.3) is 0 Å². The van der Waals surface area contributed by atoms with E-state index in [0.29, 0.717) is 0 Å². The maximum Gasteiger partial charge on any atom is 0.251 e. The van der Waals surface area contributed by atoms with Gasteiger partial charge in [-0.25, -0.2) is 0 Å². The Bertz CT molecular complexity index is 774. The topological polar surface area (TPSA) is 32.3 Å². The van der Waals surface area contributed by atoms with Gasteiger partial charge >= 0.3 is 0 Å². The minimum absolute atomic E-state index is 0.00826. The summed E-state index contributed by atoms with van der Waals surface area (Å²) in [6, 6.07) is 12.4. The highest BCUT2D eigenvalue weighted by Gasteiger charge is 2.15. The number of nitrogens with zero attached hydrogens (tertiary/aromatic N) is 1. The molecule has 0 radical (unpaired) electrons. The van der Waals surface area contributed by atoms with Gasteiger partial charge in [0.25, 0.3) is 5.91 Å². The molecule has 0 saturated carbocycles. The summed E-state index contributed by atoms with van der Waals surface area (Å²) in [7, 11) is 0. The molecule has 1 heterocycles. The Morgan fingerprint density at radius 1 is 1.00 bits per heavy atom. The molecule has 1 aliphatic rings. The Kier molecular flexibility index (Phi) is 5.77. The summed E-state index contributed by atoms with van der Waals surface area (Å²) in [4.78, 5) is 15.1.